The molecule has 0 heterocycles. The fraction of sp³-hybridized carbons (Fsp3) is 0.417. The smallest absolute Gasteiger partial charge is 0.260 e. The molecule has 2 rings (SSSR count). The summed E-state index contributed by atoms with van der Waals surface area (Å²) >= 11 is 0. The lowest BCUT2D eigenvalue weighted by Crippen LogP contribution is -2.33. The van der Waals surface area contributed by atoms with Crippen LogP contribution >= 0.6 is 0 Å². The molecule has 1 aromatic carbocycles. The summed E-state index contributed by atoms with van der Waals surface area (Å²) in [6.07, 6.45) is 1.93. The van der Waals surface area contributed by atoms with Crippen molar-refractivity contribution in [3.8, 4) is 5.75 Å². The van der Waals surface area contributed by atoms with Crippen molar-refractivity contribution in [2.75, 3.05) is 6.54 Å². The molecule has 0 saturated heterocycles. The molecule has 0 radical (unpaired) electrons. The summed E-state index contributed by atoms with van der Waals surface area (Å²) in [6.45, 7) is 2.39. The van der Waals surface area contributed by atoms with Gasteiger partial charge in [-0.3, -0.25) is 4.79 Å². The maximum absolute atomic E-state index is 13.5. The van der Waals surface area contributed by atoms with Gasteiger partial charge in [-0.15, -0.1) is 0 Å². The number of amides is 1. The Morgan fingerprint density at radius 2 is 2.25 bits per heavy atom. The molecule has 0 aliphatic heterocycles. The van der Waals surface area contributed by atoms with E-state index in [4.69, 9.17) is 0 Å². The molecule has 1 saturated carbocycles. The van der Waals surface area contributed by atoms with Crippen LogP contribution in [-0.4, -0.2) is 28.5 Å². The van der Waals surface area contributed by atoms with Crippen molar-refractivity contribution in [3.05, 3.63) is 29.6 Å². The minimum Gasteiger partial charge on any atom is -0.507 e. The van der Waals surface area contributed by atoms with E-state index in [0.717, 1.165) is 12.8 Å². The average molecular weight is 223 g/mol. The largest absolute Gasteiger partial charge is 0.507 e. The van der Waals surface area contributed by atoms with Gasteiger partial charge in [0.05, 0.1) is 0 Å². The third kappa shape index (κ3) is 1.87. The Bertz CT molecular complexity index is 395. The van der Waals surface area contributed by atoms with Crippen molar-refractivity contribution in [2.45, 2.75) is 25.8 Å². The lowest BCUT2D eigenvalue weighted by Gasteiger charge is -2.21. The van der Waals surface area contributed by atoms with Gasteiger partial charge in [0.2, 0.25) is 0 Å². The van der Waals surface area contributed by atoms with E-state index in [1.807, 2.05) is 6.92 Å². The predicted octanol–water partition coefficient (Wildman–Crippen LogP) is 2.16. The van der Waals surface area contributed by atoms with Gasteiger partial charge in [0.15, 0.2) is 0 Å². The maximum Gasteiger partial charge on any atom is 0.260 e. The Labute approximate surface area is 93.5 Å². The second kappa shape index (κ2) is 4.12. The van der Waals surface area contributed by atoms with Gasteiger partial charge in [-0.2, -0.15) is 0 Å². The summed E-state index contributed by atoms with van der Waals surface area (Å²) in [4.78, 5) is 13.6. The minimum atomic E-state index is -0.663. The van der Waals surface area contributed by atoms with Crippen molar-refractivity contribution in [1.82, 2.24) is 4.90 Å². The fourth-order valence-corrected chi connectivity index (χ4v) is 1.82. The number of phenolic OH excluding ortho intramolecular Hbond substituents is 1. The van der Waals surface area contributed by atoms with E-state index in [0.29, 0.717) is 6.54 Å². The molecule has 0 atom stereocenters. The van der Waals surface area contributed by atoms with Gasteiger partial charge < -0.3 is 10.0 Å². The van der Waals surface area contributed by atoms with Crippen LogP contribution in [0.5, 0.6) is 5.75 Å². The molecule has 1 amide bonds. The summed E-state index contributed by atoms with van der Waals surface area (Å²) in [5, 5.41) is 9.52. The van der Waals surface area contributed by atoms with Crippen LogP contribution in [0.4, 0.5) is 4.39 Å². The van der Waals surface area contributed by atoms with E-state index >= 15 is 0 Å². The number of phenols is 1. The number of hydrogen-bond acceptors (Lipinski definition) is 2. The van der Waals surface area contributed by atoms with E-state index in [2.05, 4.69) is 0 Å². The van der Waals surface area contributed by atoms with Gasteiger partial charge in [-0.25, -0.2) is 4.39 Å². The molecule has 1 aliphatic rings. The van der Waals surface area contributed by atoms with Crippen molar-refractivity contribution in [3.63, 3.8) is 0 Å². The van der Waals surface area contributed by atoms with E-state index < -0.39 is 11.7 Å². The molecule has 0 aromatic heterocycles. The molecular weight excluding hydrogens is 209 g/mol. The first kappa shape index (κ1) is 10.9. The highest BCUT2D eigenvalue weighted by Crippen LogP contribution is 2.30. The van der Waals surface area contributed by atoms with Crippen molar-refractivity contribution in [2.24, 2.45) is 0 Å². The third-order valence-corrected chi connectivity index (χ3v) is 2.79. The minimum absolute atomic E-state index is 0.212. The molecule has 1 N–H and O–H groups in total. The second-order valence-electron chi connectivity index (χ2n) is 3.96. The lowest BCUT2D eigenvalue weighted by atomic mass is 10.1. The number of carbonyl (C=O) groups excluding carboxylic acids is 1. The third-order valence-electron chi connectivity index (χ3n) is 2.79. The van der Waals surface area contributed by atoms with Crippen molar-refractivity contribution in [1.29, 1.82) is 0 Å². The van der Waals surface area contributed by atoms with Crippen LogP contribution in [0.25, 0.3) is 0 Å². The molecule has 3 nitrogen and oxygen atoms in total. The summed E-state index contributed by atoms with van der Waals surface area (Å²) in [6, 6.07) is 4.12. The van der Waals surface area contributed by atoms with Crippen LogP contribution in [0.3, 0.4) is 0 Å². The molecule has 16 heavy (non-hydrogen) atoms. The van der Waals surface area contributed by atoms with Crippen LogP contribution in [0.15, 0.2) is 18.2 Å². The first-order valence-corrected chi connectivity index (χ1v) is 5.43. The monoisotopic (exact) mass is 223 g/mol. The summed E-state index contributed by atoms with van der Waals surface area (Å²) in [5.41, 5.74) is -0.212. The van der Waals surface area contributed by atoms with Gasteiger partial charge in [0.1, 0.15) is 17.1 Å². The zero-order chi connectivity index (χ0) is 11.7. The zero-order valence-electron chi connectivity index (χ0n) is 9.11. The highest BCUT2D eigenvalue weighted by atomic mass is 19.1. The van der Waals surface area contributed by atoms with Crippen LogP contribution in [0, 0.1) is 5.82 Å². The Morgan fingerprint density at radius 1 is 1.56 bits per heavy atom. The highest BCUT2D eigenvalue weighted by Gasteiger charge is 2.33. The van der Waals surface area contributed by atoms with Gasteiger partial charge in [-0.05, 0) is 31.9 Å². The molecule has 4 heteroatoms. The number of halogens is 1. The average Bonchev–Trinajstić information content (AvgIpc) is 3.03. The standard InChI is InChI=1S/C12H14FNO2/c1-2-14(8-6-7-8)12(16)11-9(13)4-3-5-10(11)15/h3-5,8,15H,2,6-7H2,1H3. The fourth-order valence-electron chi connectivity index (χ4n) is 1.82. The number of aromatic hydroxyl groups is 1. The quantitative estimate of drug-likeness (QED) is 0.853. The number of carbonyl (C=O) groups is 1. The Morgan fingerprint density at radius 3 is 2.75 bits per heavy atom. The van der Waals surface area contributed by atoms with Crippen LogP contribution < -0.4 is 0 Å². The Balaban J connectivity index is 2.32. The highest BCUT2D eigenvalue weighted by molar-refractivity contribution is 5.97. The Kier molecular flexibility index (Phi) is 2.81. The topological polar surface area (TPSA) is 40.5 Å². The van der Waals surface area contributed by atoms with Gasteiger partial charge >= 0.3 is 0 Å². The maximum atomic E-state index is 13.5. The summed E-state index contributed by atoms with van der Waals surface area (Å²) in [7, 11) is 0. The normalized spacial score (nSPS) is 14.9. The van der Waals surface area contributed by atoms with Gasteiger partial charge in [-0.1, -0.05) is 6.07 Å². The first-order valence-electron chi connectivity index (χ1n) is 5.43. The summed E-state index contributed by atoms with van der Waals surface area (Å²) in [5.74, 6) is -1.37. The molecule has 0 bridgehead atoms. The van der Waals surface area contributed by atoms with E-state index in [-0.39, 0.29) is 17.4 Å². The van der Waals surface area contributed by atoms with E-state index in [1.165, 1.54) is 18.2 Å². The number of hydrogen-bond donors (Lipinski definition) is 1. The number of nitrogens with zero attached hydrogens (tertiary/aromatic N) is 1. The molecule has 86 valence electrons. The molecule has 0 unspecified atom stereocenters. The van der Waals surface area contributed by atoms with Crippen LogP contribution in [-0.2, 0) is 0 Å². The summed E-state index contributed by atoms with van der Waals surface area (Å²) < 4.78 is 13.5. The predicted molar refractivity (Wildman–Crippen MR) is 57.8 cm³/mol. The first-order chi connectivity index (χ1) is 7.65. The lowest BCUT2D eigenvalue weighted by molar-refractivity contribution is 0.0744. The van der Waals surface area contributed by atoms with Gasteiger partial charge in [0, 0.05) is 12.6 Å². The molecule has 1 aromatic rings. The van der Waals surface area contributed by atoms with Crippen LogP contribution in [0.2, 0.25) is 0 Å². The van der Waals surface area contributed by atoms with Gasteiger partial charge in [0.25, 0.3) is 5.91 Å². The zero-order valence-corrected chi connectivity index (χ0v) is 9.11. The van der Waals surface area contributed by atoms with Crippen LogP contribution in [0.1, 0.15) is 30.1 Å². The molecular formula is C12H14FNO2. The molecule has 0 spiro atoms. The SMILES string of the molecule is CCN(C(=O)c1c(O)cccc1F)C1CC1. The number of benzene rings is 1. The second-order valence-corrected chi connectivity index (χ2v) is 3.96. The van der Waals surface area contributed by atoms with E-state index in [1.54, 1.807) is 4.90 Å². The molecule has 1 fully saturated rings. The molecule has 1 aliphatic carbocycles. The van der Waals surface area contributed by atoms with E-state index in [9.17, 15) is 14.3 Å². The van der Waals surface area contributed by atoms with Crippen molar-refractivity contribution < 1.29 is 14.3 Å². The Hall–Kier alpha value is -1.58. The number of rotatable bonds is 3. The van der Waals surface area contributed by atoms with Crippen molar-refractivity contribution >= 4 is 5.91 Å².